The van der Waals surface area contributed by atoms with E-state index in [0.717, 1.165) is 15.2 Å². The Morgan fingerprint density at radius 1 is 1.44 bits per heavy atom. The van der Waals surface area contributed by atoms with Crippen LogP contribution in [0.3, 0.4) is 0 Å². The number of hydrogen-bond donors (Lipinski definition) is 2. The summed E-state index contributed by atoms with van der Waals surface area (Å²) in [7, 11) is 1.62. The van der Waals surface area contributed by atoms with E-state index in [1.807, 2.05) is 18.2 Å². The van der Waals surface area contributed by atoms with E-state index >= 15 is 0 Å². The minimum absolute atomic E-state index is 0.338. The predicted molar refractivity (Wildman–Crippen MR) is 72.7 cm³/mol. The number of ether oxygens (including phenoxy) is 2. The molecule has 8 heteroatoms. The molecule has 6 nitrogen and oxygen atoms in total. The zero-order chi connectivity index (χ0) is 13.0. The number of methoxy groups -OCH3 is 1. The minimum atomic E-state index is 0.338. The van der Waals surface area contributed by atoms with Crippen LogP contribution < -0.4 is 20.7 Å². The highest BCUT2D eigenvalue weighted by molar-refractivity contribution is 9.10. The van der Waals surface area contributed by atoms with E-state index in [9.17, 15) is 0 Å². The first-order valence-corrected chi connectivity index (χ1v) is 6.59. The summed E-state index contributed by atoms with van der Waals surface area (Å²) in [5.41, 5.74) is 2.44. The van der Waals surface area contributed by atoms with Gasteiger partial charge in [-0.25, -0.2) is 5.84 Å². The maximum Gasteiger partial charge on any atom is 0.219 e. The fourth-order valence-corrected chi connectivity index (χ4v) is 2.27. The van der Waals surface area contributed by atoms with E-state index in [0.29, 0.717) is 17.5 Å². The van der Waals surface area contributed by atoms with Crippen LogP contribution in [0.4, 0.5) is 5.13 Å². The lowest BCUT2D eigenvalue weighted by molar-refractivity contribution is 0.302. The lowest BCUT2D eigenvalue weighted by Gasteiger charge is -2.07. The van der Waals surface area contributed by atoms with Crippen LogP contribution in [0, 0.1) is 0 Å². The van der Waals surface area contributed by atoms with E-state index < -0.39 is 0 Å². The largest absolute Gasteiger partial charge is 0.497 e. The number of nitrogens with one attached hydrogen (secondary N) is 1. The van der Waals surface area contributed by atoms with Crippen LogP contribution in [-0.2, 0) is 6.61 Å². The monoisotopic (exact) mass is 330 g/mol. The summed E-state index contributed by atoms with van der Waals surface area (Å²) in [4.78, 5) is 0. The van der Waals surface area contributed by atoms with Crippen LogP contribution >= 0.6 is 27.3 Å². The molecule has 1 heterocycles. The first kappa shape index (κ1) is 13.1. The lowest BCUT2D eigenvalue weighted by atomic mass is 10.3. The molecular weight excluding hydrogens is 320 g/mol. The van der Waals surface area contributed by atoms with Gasteiger partial charge in [0.1, 0.15) is 18.1 Å². The molecule has 18 heavy (non-hydrogen) atoms. The third kappa shape index (κ3) is 3.09. The molecule has 2 aromatic rings. The van der Waals surface area contributed by atoms with E-state index in [4.69, 9.17) is 15.3 Å². The molecule has 1 aromatic carbocycles. The fourth-order valence-electron chi connectivity index (χ4n) is 1.24. The standard InChI is InChI=1S/C10H11BrN4O2S/c1-16-6-2-3-8(7(11)4-6)17-5-9-14-15-10(13-12)18-9/h2-4H,5,12H2,1H3,(H,13,15). The van der Waals surface area contributed by atoms with Gasteiger partial charge in [-0.2, -0.15) is 0 Å². The van der Waals surface area contributed by atoms with Gasteiger partial charge in [-0.1, -0.05) is 11.3 Å². The Labute approximate surface area is 116 Å². The second-order valence-electron chi connectivity index (χ2n) is 3.23. The zero-order valence-electron chi connectivity index (χ0n) is 9.51. The summed E-state index contributed by atoms with van der Waals surface area (Å²) in [5, 5.41) is 9.04. The number of hydrazine groups is 1. The van der Waals surface area contributed by atoms with Gasteiger partial charge in [0, 0.05) is 0 Å². The molecule has 1 aromatic heterocycles. The molecule has 0 atom stereocenters. The summed E-state index contributed by atoms with van der Waals surface area (Å²) < 4.78 is 11.5. The van der Waals surface area contributed by atoms with E-state index in [2.05, 4.69) is 31.6 Å². The summed E-state index contributed by atoms with van der Waals surface area (Å²) in [5.74, 6) is 6.70. The molecule has 0 saturated heterocycles. The van der Waals surface area contributed by atoms with Crippen LogP contribution in [0.15, 0.2) is 22.7 Å². The summed E-state index contributed by atoms with van der Waals surface area (Å²) >= 11 is 4.75. The topological polar surface area (TPSA) is 82.3 Å². The normalized spacial score (nSPS) is 10.2. The van der Waals surface area contributed by atoms with Crippen LogP contribution in [0.2, 0.25) is 0 Å². The Bertz CT molecular complexity index is 534. The first-order chi connectivity index (χ1) is 8.72. The van der Waals surface area contributed by atoms with Gasteiger partial charge in [0.2, 0.25) is 5.13 Å². The maximum absolute atomic E-state index is 5.62. The molecule has 0 bridgehead atoms. The second-order valence-corrected chi connectivity index (χ2v) is 5.15. The SMILES string of the molecule is COc1ccc(OCc2nnc(NN)s2)c(Br)c1. The Morgan fingerprint density at radius 2 is 2.28 bits per heavy atom. The van der Waals surface area contributed by atoms with Crippen molar-refractivity contribution in [2.75, 3.05) is 12.5 Å². The van der Waals surface area contributed by atoms with Gasteiger partial charge in [0.15, 0.2) is 5.01 Å². The quantitative estimate of drug-likeness (QED) is 0.645. The molecule has 0 aliphatic heterocycles. The van der Waals surface area contributed by atoms with E-state index in [1.165, 1.54) is 11.3 Å². The third-order valence-electron chi connectivity index (χ3n) is 2.08. The van der Waals surface area contributed by atoms with Crippen molar-refractivity contribution in [1.29, 1.82) is 0 Å². The molecule has 96 valence electrons. The van der Waals surface area contributed by atoms with Gasteiger partial charge in [-0.05, 0) is 34.1 Å². The molecule has 0 unspecified atom stereocenters. The lowest BCUT2D eigenvalue weighted by Crippen LogP contribution is -2.05. The van der Waals surface area contributed by atoms with Crippen molar-refractivity contribution in [2.45, 2.75) is 6.61 Å². The maximum atomic E-state index is 5.62. The number of halogens is 1. The highest BCUT2D eigenvalue weighted by Crippen LogP contribution is 2.30. The van der Waals surface area contributed by atoms with Gasteiger partial charge < -0.3 is 9.47 Å². The summed E-state index contributed by atoms with van der Waals surface area (Å²) in [6, 6.07) is 5.49. The summed E-state index contributed by atoms with van der Waals surface area (Å²) in [6.45, 7) is 0.338. The van der Waals surface area contributed by atoms with Crippen molar-refractivity contribution < 1.29 is 9.47 Å². The molecular formula is C10H11BrN4O2S. The van der Waals surface area contributed by atoms with Crippen molar-refractivity contribution in [3.63, 3.8) is 0 Å². The predicted octanol–water partition coefficient (Wildman–Crippen LogP) is 2.17. The molecule has 3 N–H and O–H groups in total. The molecule has 2 rings (SSSR count). The number of anilines is 1. The van der Waals surface area contributed by atoms with Crippen molar-refractivity contribution in [3.05, 3.63) is 27.7 Å². The molecule has 0 spiro atoms. The highest BCUT2D eigenvalue weighted by Gasteiger charge is 2.06. The molecule has 0 saturated carbocycles. The van der Waals surface area contributed by atoms with Gasteiger partial charge in [0.05, 0.1) is 11.6 Å². The minimum Gasteiger partial charge on any atom is -0.497 e. The van der Waals surface area contributed by atoms with Gasteiger partial charge in [0.25, 0.3) is 0 Å². The van der Waals surface area contributed by atoms with Crippen molar-refractivity contribution in [3.8, 4) is 11.5 Å². The molecule has 0 amide bonds. The van der Waals surface area contributed by atoms with Gasteiger partial charge in [-0.15, -0.1) is 10.2 Å². The number of nitrogens with two attached hydrogens (primary N) is 1. The van der Waals surface area contributed by atoms with Crippen LogP contribution in [0.25, 0.3) is 0 Å². The number of nitrogens with zero attached hydrogens (tertiary/aromatic N) is 2. The van der Waals surface area contributed by atoms with Crippen molar-refractivity contribution in [2.24, 2.45) is 5.84 Å². The summed E-state index contributed by atoms with van der Waals surface area (Å²) in [6.07, 6.45) is 0. The fraction of sp³-hybridized carbons (Fsp3) is 0.200. The van der Waals surface area contributed by atoms with Gasteiger partial charge in [-0.3, -0.25) is 5.43 Å². The molecule has 0 aliphatic rings. The number of hydrogen-bond acceptors (Lipinski definition) is 7. The van der Waals surface area contributed by atoms with Crippen LogP contribution in [0.1, 0.15) is 5.01 Å². The Balaban J connectivity index is 2.01. The number of nitrogen functional groups attached to an aromatic ring is 1. The van der Waals surface area contributed by atoms with E-state index in [1.54, 1.807) is 7.11 Å². The molecule has 0 radical (unpaired) electrons. The first-order valence-electron chi connectivity index (χ1n) is 4.98. The Morgan fingerprint density at radius 3 is 2.89 bits per heavy atom. The molecule has 0 fully saturated rings. The third-order valence-corrected chi connectivity index (χ3v) is 3.53. The number of aromatic nitrogens is 2. The second kappa shape index (κ2) is 5.98. The van der Waals surface area contributed by atoms with Crippen molar-refractivity contribution >= 4 is 32.4 Å². The number of rotatable bonds is 5. The zero-order valence-corrected chi connectivity index (χ0v) is 11.9. The van der Waals surface area contributed by atoms with E-state index in [-0.39, 0.29) is 0 Å². The van der Waals surface area contributed by atoms with Gasteiger partial charge >= 0.3 is 0 Å². The van der Waals surface area contributed by atoms with Crippen LogP contribution in [0.5, 0.6) is 11.5 Å². The van der Waals surface area contributed by atoms with Crippen molar-refractivity contribution in [1.82, 2.24) is 10.2 Å². The Hall–Kier alpha value is -1.38. The molecule has 0 aliphatic carbocycles. The Kier molecular flexibility index (Phi) is 4.34. The average molecular weight is 331 g/mol. The highest BCUT2D eigenvalue weighted by atomic mass is 79.9. The smallest absolute Gasteiger partial charge is 0.219 e. The van der Waals surface area contributed by atoms with Crippen LogP contribution in [-0.4, -0.2) is 17.3 Å². The number of benzene rings is 1. The average Bonchev–Trinajstić information content (AvgIpc) is 2.85.